The summed E-state index contributed by atoms with van der Waals surface area (Å²) >= 11 is 0. The summed E-state index contributed by atoms with van der Waals surface area (Å²) in [5.41, 5.74) is 2.42. The molecule has 0 unspecified atom stereocenters. The second-order valence-corrected chi connectivity index (χ2v) is 8.21. The lowest BCUT2D eigenvalue weighted by Crippen LogP contribution is -2.43. The van der Waals surface area contributed by atoms with E-state index in [1.54, 1.807) is 14.0 Å². The van der Waals surface area contributed by atoms with Crippen LogP contribution in [-0.2, 0) is 6.61 Å². The average Bonchev–Trinajstić information content (AvgIpc) is 2.93. The van der Waals surface area contributed by atoms with Gasteiger partial charge >= 0.3 is 0 Å². The third-order valence-electron chi connectivity index (χ3n) is 5.89. The van der Waals surface area contributed by atoms with Crippen molar-refractivity contribution in [1.29, 1.82) is 0 Å². The molecule has 2 N–H and O–H groups in total. The molecule has 0 radical (unpaired) electrons. The fourth-order valence-corrected chi connectivity index (χ4v) is 3.94. The number of carbonyl (C=O) groups is 1. The number of hydrogen-bond acceptors (Lipinski definition) is 9. The number of ketones is 1. The predicted octanol–water partition coefficient (Wildman–Crippen LogP) is 3.96. The molecule has 0 bridgehead atoms. The minimum atomic E-state index is -0.567. The summed E-state index contributed by atoms with van der Waals surface area (Å²) in [5, 5.41) is 6.50. The zero-order valence-electron chi connectivity index (χ0n) is 20.6. The Morgan fingerprint density at radius 3 is 2.47 bits per heavy atom. The van der Waals surface area contributed by atoms with E-state index in [0.29, 0.717) is 23.7 Å². The molecule has 1 aliphatic rings. The normalized spacial score (nSPS) is 13.3. The number of hydrogen-bond donors (Lipinski definition) is 2. The Bertz CT molecular complexity index is 1200. The van der Waals surface area contributed by atoms with Gasteiger partial charge in [-0.3, -0.25) is 4.79 Å². The zero-order valence-corrected chi connectivity index (χ0v) is 20.6. The van der Waals surface area contributed by atoms with Crippen molar-refractivity contribution in [3.8, 4) is 17.2 Å². The SMILES string of the molecule is CCC(=O)c1cc(COc2cnc(Nc3ccc(N4CCNCC4)c(OC)c3)nc2)c(F)c(OC)c1. The number of aromatic nitrogens is 2. The molecule has 0 spiro atoms. The highest BCUT2D eigenvalue weighted by Crippen LogP contribution is 2.32. The summed E-state index contributed by atoms with van der Waals surface area (Å²) < 4.78 is 31.0. The van der Waals surface area contributed by atoms with Crippen molar-refractivity contribution in [2.45, 2.75) is 20.0 Å². The monoisotopic (exact) mass is 495 g/mol. The number of rotatable bonds is 10. The molecule has 0 amide bonds. The highest BCUT2D eigenvalue weighted by molar-refractivity contribution is 5.96. The van der Waals surface area contributed by atoms with Crippen molar-refractivity contribution in [1.82, 2.24) is 15.3 Å². The van der Waals surface area contributed by atoms with Crippen molar-refractivity contribution in [3.63, 3.8) is 0 Å². The molecule has 4 rings (SSSR count). The molecule has 0 aliphatic carbocycles. The first-order valence-electron chi connectivity index (χ1n) is 11.8. The lowest BCUT2D eigenvalue weighted by molar-refractivity contribution is 0.0987. The van der Waals surface area contributed by atoms with Gasteiger partial charge in [-0.25, -0.2) is 14.4 Å². The number of Topliss-reactive ketones (excluding diaryl/α,β-unsaturated/α-hetero) is 1. The summed E-state index contributed by atoms with van der Waals surface area (Å²) in [6.45, 7) is 5.36. The summed E-state index contributed by atoms with van der Waals surface area (Å²) in [5.74, 6) is 0.833. The molecule has 9 nitrogen and oxygen atoms in total. The van der Waals surface area contributed by atoms with Crippen molar-refractivity contribution in [3.05, 3.63) is 59.7 Å². The van der Waals surface area contributed by atoms with Gasteiger partial charge in [0.25, 0.3) is 0 Å². The van der Waals surface area contributed by atoms with Gasteiger partial charge in [-0.15, -0.1) is 0 Å². The first-order chi connectivity index (χ1) is 17.5. The highest BCUT2D eigenvalue weighted by atomic mass is 19.1. The van der Waals surface area contributed by atoms with E-state index in [1.165, 1.54) is 31.6 Å². The van der Waals surface area contributed by atoms with Crippen LogP contribution in [0.4, 0.5) is 21.7 Å². The minimum Gasteiger partial charge on any atom is -0.495 e. The van der Waals surface area contributed by atoms with Crippen molar-refractivity contribution >= 4 is 23.1 Å². The van der Waals surface area contributed by atoms with Crippen LogP contribution in [0.1, 0.15) is 29.3 Å². The van der Waals surface area contributed by atoms with Crippen LogP contribution < -0.4 is 29.7 Å². The van der Waals surface area contributed by atoms with Gasteiger partial charge in [0.1, 0.15) is 12.4 Å². The number of methoxy groups -OCH3 is 2. The number of nitrogens with zero attached hydrogens (tertiary/aromatic N) is 3. The molecule has 2 aromatic carbocycles. The Kier molecular flexibility index (Phi) is 8.17. The molecular weight excluding hydrogens is 465 g/mol. The van der Waals surface area contributed by atoms with E-state index >= 15 is 0 Å². The Morgan fingerprint density at radius 1 is 1.08 bits per heavy atom. The van der Waals surface area contributed by atoms with Crippen LogP contribution in [0.3, 0.4) is 0 Å². The van der Waals surface area contributed by atoms with Crippen molar-refractivity contribution < 1.29 is 23.4 Å². The summed E-state index contributed by atoms with van der Waals surface area (Å²) in [7, 11) is 3.01. The van der Waals surface area contributed by atoms with Crippen LogP contribution in [0.25, 0.3) is 0 Å². The zero-order chi connectivity index (χ0) is 25.5. The largest absolute Gasteiger partial charge is 0.495 e. The van der Waals surface area contributed by atoms with Crippen LogP contribution in [0.5, 0.6) is 17.2 Å². The standard InChI is InChI=1S/C26H30FN5O4/c1-4-22(33)17-11-18(25(27)24(12-17)35-3)16-36-20-14-29-26(30-15-20)31-19-5-6-21(23(13-19)34-2)32-9-7-28-8-10-32/h5-6,11-15,28H,4,7-10,16H2,1-3H3,(H,29,30,31). The van der Waals surface area contributed by atoms with Gasteiger partial charge in [-0.1, -0.05) is 6.92 Å². The number of ether oxygens (including phenoxy) is 3. The van der Waals surface area contributed by atoms with E-state index in [1.807, 2.05) is 18.2 Å². The molecule has 10 heteroatoms. The number of piperazine rings is 1. The molecule has 36 heavy (non-hydrogen) atoms. The Balaban J connectivity index is 1.42. The number of anilines is 3. The van der Waals surface area contributed by atoms with E-state index in [0.717, 1.165) is 43.3 Å². The molecular formula is C26H30FN5O4. The lowest BCUT2D eigenvalue weighted by atomic mass is 10.0. The van der Waals surface area contributed by atoms with Crippen LogP contribution >= 0.6 is 0 Å². The summed E-state index contributed by atoms with van der Waals surface area (Å²) in [6, 6.07) is 8.77. The first-order valence-corrected chi connectivity index (χ1v) is 11.8. The Labute approximate surface area is 209 Å². The fourth-order valence-electron chi connectivity index (χ4n) is 3.94. The van der Waals surface area contributed by atoms with Crippen LogP contribution in [-0.4, -0.2) is 56.1 Å². The quantitative estimate of drug-likeness (QED) is 0.405. The number of benzene rings is 2. The van der Waals surface area contributed by atoms with Gasteiger partial charge in [0.05, 0.1) is 32.3 Å². The van der Waals surface area contributed by atoms with E-state index in [2.05, 4.69) is 25.5 Å². The Hall–Kier alpha value is -3.92. The molecule has 2 heterocycles. The number of nitrogens with one attached hydrogen (secondary N) is 2. The molecule has 1 aliphatic heterocycles. The molecule has 1 fully saturated rings. The second-order valence-electron chi connectivity index (χ2n) is 8.21. The van der Waals surface area contributed by atoms with Gasteiger partial charge in [0, 0.05) is 55.5 Å². The maximum atomic E-state index is 14.7. The predicted molar refractivity (Wildman–Crippen MR) is 135 cm³/mol. The molecule has 1 saturated heterocycles. The van der Waals surface area contributed by atoms with Crippen molar-refractivity contribution in [2.24, 2.45) is 0 Å². The summed E-state index contributed by atoms with van der Waals surface area (Å²) in [4.78, 5) is 23.0. The maximum absolute atomic E-state index is 14.7. The minimum absolute atomic E-state index is 0.00194. The van der Waals surface area contributed by atoms with Gasteiger partial charge in [-0.05, 0) is 24.3 Å². The van der Waals surface area contributed by atoms with E-state index < -0.39 is 5.82 Å². The van der Waals surface area contributed by atoms with Crippen LogP contribution in [0.15, 0.2) is 42.7 Å². The van der Waals surface area contributed by atoms with E-state index in [9.17, 15) is 9.18 Å². The smallest absolute Gasteiger partial charge is 0.227 e. The second kappa shape index (κ2) is 11.7. The first kappa shape index (κ1) is 25.2. The fraction of sp³-hybridized carbons (Fsp3) is 0.346. The maximum Gasteiger partial charge on any atom is 0.227 e. The third kappa shape index (κ3) is 5.83. The number of carbonyl (C=O) groups excluding carboxylic acids is 1. The number of halogens is 1. The van der Waals surface area contributed by atoms with Gasteiger partial charge < -0.3 is 29.7 Å². The molecule has 0 atom stereocenters. The van der Waals surface area contributed by atoms with Crippen LogP contribution in [0.2, 0.25) is 0 Å². The third-order valence-corrected chi connectivity index (χ3v) is 5.89. The van der Waals surface area contributed by atoms with Crippen LogP contribution in [0, 0.1) is 5.82 Å². The topological polar surface area (TPSA) is 97.8 Å². The average molecular weight is 496 g/mol. The molecule has 0 saturated carbocycles. The highest BCUT2D eigenvalue weighted by Gasteiger charge is 2.17. The lowest BCUT2D eigenvalue weighted by Gasteiger charge is -2.30. The van der Waals surface area contributed by atoms with Gasteiger partial charge in [-0.2, -0.15) is 0 Å². The molecule has 3 aromatic rings. The molecule has 1 aromatic heterocycles. The van der Waals surface area contributed by atoms with Crippen molar-refractivity contribution in [2.75, 3.05) is 50.6 Å². The Morgan fingerprint density at radius 2 is 1.81 bits per heavy atom. The molecule has 190 valence electrons. The van der Waals surface area contributed by atoms with Gasteiger partial charge in [0.2, 0.25) is 5.95 Å². The van der Waals surface area contributed by atoms with Gasteiger partial charge in [0.15, 0.2) is 23.1 Å². The van der Waals surface area contributed by atoms with E-state index in [4.69, 9.17) is 14.2 Å². The van der Waals surface area contributed by atoms with E-state index in [-0.39, 0.29) is 23.7 Å². The summed E-state index contributed by atoms with van der Waals surface area (Å²) in [6.07, 6.45) is 3.30.